The number of aromatic hydroxyl groups is 1. The predicted octanol–water partition coefficient (Wildman–Crippen LogP) is 3.53. The van der Waals surface area contributed by atoms with Gasteiger partial charge in [0.2, 0.25) is 0 Å². The Morgan fingerprint density at radius 2 is 1.81 bits per heavy atom. The molecular weight excluding hydrogens is 288 g/mol. The van der Waals surface area contributed by atoms with Crippen LogP contribution in [0.4, 0.5) is 0 Å². The van der Waals surface area contributed by atoms with E-state index in [4.69, 9.17) is 11.6 Å². The van der Waals surface area contributed by atoms with Gasteiger partial charge in [0.1, 0.15) is 5.75 Å². The number of nitrogens with zero attached hydrogens (tertiary/aromatic N) is 2. The molecule has 0 aliphatic carbocycles. The molecule has 1 N–H and O–H groups in total. The van der Waals surface area contributed by atoms with Crippen LogP contribution in [0.1, 0.15) is 21.5 Å². The number of ketones is 1. The number of aromatic nitrogens is 2. The van der Waals surface area contributed by atoms with Crippen LogP contribution in [0, 0.1) is 6.92 Å². The van der Waals surface area contributed by atoms with Crippen molar-refractivity contribution in [3.05, 3.63) is 64.4 Å². The quantitative estimate of drug-likeness (QED) is 0.735. The minimum atomic E-state index is -0.249. The number of hydrogen-bond donors (Lipinski definition) is 1. The number of benzene rings is 2. The average Bonchev–Trinajstić information content (AvgIpc) is 2.51. The van der Waals surface area contributed by atoms with Crippen molar-refractivity contribution in [2.75, 3.05) is 0 Å². The van der Waals surface area contributed by atoms with Crippen molar-refractivity contribution in [3.63, 3.8) is 0 Å². The summed E-state index contributed by atoms with van der Waals surface area (Å²) < 4.78 is 0. The van der Waals surface area contributed by atoms with E-state index in [1.54, 1.807) is 43.6 Å². The summed E-state index contributed by atoms with van der Waals surface area (Å²) in [4.78, 5) is 21.0. The second kappa shape index (κ2) is 5.14. The molecule has 0 atom stereocenters. The van der Waals surface area contributed by atoms with E-state index in [0.29, 0.717) is 27.7 Å². The van der Waals surface area contributed by atoms with Crippen molar-refractivity contribution >= 4 is 28.4 Å². The third kappa shape index (κ3) is 2.34. The Labute approximate surface area is 126 Å². The van der Waals surface area contributed by atoms with E-state index in [-0.39, 0.29) is 16.6 Å². The van der Waals surface area contributed by atoms with Crippen molar-refractivity contribution in [3.8, 4) is 5.75 Å². The highest BCUT2D eigenvalue weighted by atomic mass is 35.5. The van der Waals surface area contributed by atoms with Crippen molar-refractivity contribution in [1.82, 2.24) is 9.97 Å². The first kappa shape index (κ1) is 13.5. The van der Waals surface area contributed by atoms with Gasteiger partial charge in [-0.15, -0.1) is 0 Å². The summed E-state index contributed by atoms with van der Waals surface area (Å²) in [6.45, 7) is 1.78. The van der Waals surface area contributed by atoms with Gasteiger partial charge >= 0.3 is 0 Å². The van der Waals surface area contributed by atoms with Crippen LogP contribution in [0.5, 0.6) is 5.75 Å². The number of carbonyl (C=O) groups is 1. The molecule has 0 spiro atoms. The minimum Gasteiger partial charge on any atom is -0.506 e. The number of carbonyl (C=O) groups excluding carboxylic acids is 1. The molecule has 2 aromatic carbocycles. The number of aryl methyl sites for hydroxylation is 1. The number of phenolic OH excluding ortho intramolecular Hbond substituents is 1. The highest BCUT2D eigenvalue weighted by Gasteiger charge is 2.18. The number of fused-ring (bicyclic) bond motifs is 1. The van der Waals surface area contributed by atoms with Gasteiger partial charge in [-0.1, -0.05) is 17.7 Å². The second-order valence-corrected chi connectivity index (χ2v) is 5.06. The van der Waals surface area contributed by atoms with Gasteiger partial charge in [0, 0.05) is 23.5 Å². The van der Waals surface area contributed by atoms with Gasteiger partial charge in [-0.2, -0.15) is 0 Å². The molecule has 0 saturated carbocycles. The molecule has 1 aromatic heterocycles. The van der Waals surface area contributed by atoms with Crippen LogP contribution in [0.3, 0.4) is 0 Å². The normalized spacial score (nSPS) is 10.8. The van der Waals surface area contributed by atoms with Crippen LogP contribution < -0.4 is 0 Å². The zero-order valence-electron chi connectivity index (χ0n) is 11.2. The summed E-state index contributed by atoms with van der Waals surface area (Å²) in [6.07, 6.45) is 3.17. The van der Waals surface area contributed by atoms with E-state index in [1.165, 1.54) is 6.07 Å². The van der Waals surface area contributed by atoms with Crippen LogP contribution in [0.15, 0.2) is 42.7 Å². The molecule has 21 heavy (non-hydrogen) atoms. The first-order valence-corrected chi connectivity index (χ1v) is 6.69. The van der Waals surface area contributed by atoms with Crippen LogP contribution in [-0.4, -0.2) is 20.9 Å². The number of hydrogen-bond acceptors (Lipinski definition) is 4. The molecule has 1 heterocycles. The zero-order valence-corrected chi connectivity index (χ0v) is 11.9. The van der Waals surface area contributed by atoms with Crippen molar-refractivity contribution in [1.29, 1.82) is 0 Å². The maximum absolute atomic E-state index is 12.6. The van der Waals surface area contributed by atoms with E-state index < -0.39 is 0 Å². The van der Waals surface area contributed by atoms with Gasteiger partial charge in [-0.05, 0) is 36.8 Å². The van der Waals surface area contributed by atoms with Gasteiger partial charge in [0.15, 0.2) is 5.78 Å². The predicted molar refractivity (Wildman–Crippen MR) is 80.8 cm³/mol. The fourth-order valence-corrected chi connectivity index (χ4v) is 2.49. The third-order valence-corrected chi connectivity index (χ3v) is 3.67. The summed E-state index contributed by atoms with van der Waals surface area (Å²) in [5.41, 5.74) is 2.82. The summed E-state index contributed by atoms with van der Waals surface area (Å²) in [5, 5.41) is 9.75. The molecule has 104 valence electrons. The molecular formula is C16H11ClN2O2. The summed E-state index contributed by atoms with van der Waals surface area (Å²) in [7, 11) is 0. The smallest absolute Gasteiger partial charge is 0.195 e. The number of phenols is 1. The number of rotatable bonds is 2. The Morgan fingerprint density at radius 1 is 1.10 bits per heavy atom. The minimum absolute atomic E-state index is 0.0687. The van der Waals surface area contributed by atoms with Crippen LogP contribution >= 0.6 is 11.6 Å². The molecule has 4 nitrogen and oxygen atoms in total. The van der Waals surface area contributed by atoms with Gasteiger partial charge in [0.25, 0.3) is 0 Å². The molecule has 0 saturated heterocycles. The SMILES string of the molecule is Cc1ccc(O)c(Cl)c1C(=O)c1ccc2nccnc2c1. The van der Waals surface area contributed by atoms with Gasteiger partial charge < -0.3 is 5.11 Å². The van der Waals surface area contributed by atoms with Crippen molar-refractivity contribution in [2.45, 2.75) is 6.92 Å². The molecule has 0 fully saturated rings. The van der Waals surface area contributed by atoms with E-state index in [0.717, 1.165) is 0 Å². The van der Waals surface area contributed by atoms with E-state index in [2.05, 4.69) is 9.97 Å². The molecule has 3 rings (SSSR count). The number of halogens is 1. The monoisotopic (exact) mass is 298 g/mol. The first-order chi connectivity index (χ1) is 10.1. The highest BCUT2D eigenvalue weighted by Crippen LogP contribution is 2.31. The molecule has 0 aliphatic rings. The first-order valence-electron chi connectivity index (χ1n) is 6.31. The molecule has 0 amide bonds. The summed E-state index contributed by atoms with van der Waals surface area (Å²) in [6, 6.07) is 8.22. The van der Waals surface area contributed by atoms with Crippen molar-refractivity contribution < 1.29 is 9.90 Å². The van der Waals surface area contributed by atoms with E-state index in [1.807, 2.05) is 0 Å². The molecule has 3 aromatic rings. The van der Waals surface area contributed by atoms with E-state index >= 15 is 0 Å². The van der Waals surface area contributed by atoms with Gasteiger partial charge in [-0.25, -0.2) is 0 Å². The Hall–Kier alpha value is -2.46. The molecule has 0 bridgehead atoms. The standard InChI is InChI=1S/C16H11ClN2O2/c1-9-2-5-13(20)15(17)14(9)16(21)10-3-4-11-12(8-10)19-7-6-18-11/h2-8,20H,1H3. The van der Waals surface area contributed by atoms with Crippen LogP contribution in [-0.2, 0) is 0 Å². The lowest BCUT2D eigenvalue weighted by atomic mass is 9.98. The van der Waals surface area contributed by atoms with Crippen LogP contribution in [0.2, 0.25) is 5.02 Å². The Morgan fingerprint density at radius 3 is 2.57 bits per heavy atom. The molecule has 5 heteroatoms. The maximum atomic E-state index is 12.6. The fraction of sp³-hybridized carbons (Fsp3) is 0.0625. The lowest BCUT2D eigenvalue weighted by Crippen LogP contribution is -2.05. The van der Waals surface area contributed by atoms with Crippen LogP contribution in [0.25, 0.3) is 11.0 Å². The van der Waals surface area contributed by atoms with E-state index in [9.17, 15) is 9.90 Å². The lowest BCUT2D eigenvalue weighted by molar-refractivity contribution is 0.103. The summed E-state index contributed by atoms with van der Waals surface area (Å²) in [5.74, 6) is -0.354. The third-order valence-electron chi connectivity index (χ3n) is 3.29. The molecule has 0 radical (unpaired) electrons. The summed E-state index contributed by atoms with van der Waals surface area (Å²) >= 11 is 6.06. The lowest BCUT2D eigenvalue weighted by Gasteiger charge is -2.09. The van der Waals surface area contributed by atoms with Gasteiger partial charge in [0.05, 0.1) is 16.1 Å². The second-order valence-electron chi connectivity index (χ2n) is 4.68. The Bertz CT molecular complexity index is 862. The van der Waals surface area contributed by atoms with Crippen molar-refractivity contribution in [2.24, 2.45) is 0 Å². The average molecular weight is 299 g/mol. The largest absolute Gasteiger partial charge is 0.506 e. The Kier molecular flexibility index (Phi) is 3.31. The Balaban J connectivity index is 2.15. The molecule has 0 unspecified atom stereocenters. The topological polar surface area (TPSA) is 63.1 Å². The highest BCUT2D eigenvalue weighted by molar-refractivity contribution is 6.36. The molecule has 0 aliphatic heterocycles. The zero-order chi connectivity index (χ0) is 15.0. The maximum Gasteiger partial charge on any atom is 0.195 e. The van der Waals surface area contributed by atoms with Gasteiger partial charge in [-0.3, -0.25) is 14.8 Å². The fourth-order valence-electron chi connectivity index (χ4n) is 2.19.